The van der Waals surface area contributed by atoms with Crippen LogP contribution in [-0.2, 0) is 6.18 Å². The average molecular weight is 472 g/mol. The van der Waals surface area contributed by atoms with Crippen molar-refractivity contribution in [2.75, 3.05) is 0 Å². The Labute approximate surface area is 189 Å². The Bertz CT molecular complexity index is 1410. The number of hydrogen-bond donors (Lipinski definition) is 2. The Balaban J connectivity index is 1.99. The van der Waals surface area contributed by atoms with Crippen LogP contribution in [0.1, 0.15) is 11.3 Å². The first-order chi connectivity index (χ1) is 16.0. The smallest absolute Gasteiger partial charge is 0.417 e. The topological polar surface area (TPSA) is 124 Å². The van der Waals surface area contributed by atoms with Crippen LogP contribution in [0.5, 0.6) is 11.5 Å². The number of pyridine rings is 1. The quantitative estimate of drug-likeness (QED) is 0.132. The van der Waals surface area contributed by atoms with E-state index >= 15 is 0 Å². The van der Waals surface area contributed by atoms with E-state index in [1.165, 1.54) is 25.1 Å². The first kappa shape index (κ1) is 22.6. The Morgan fingerprint density at radius 3 is 2.29 bits per heavy atom. The maximum Gasteiger partial charge on any atom is 0.417 e. The van der Waals surface area contributed by atoms with E-state index in [4.69, 9.17) is 4.42 Å². The molecule has 2 N–H and O–H groups in total. The van der Waals surface area contributed by atoms with E-state index in [2.05, 4.69) is 0 Å². The largest absolute Gasteiger partial charge is 0.618 e. The van der Waals surface area contributed by atoms with Crippen molar-refractivity contribution in [2.24, 2.45) is 0 Å². The molecule has 2 aromatic heterocycles. The number of benzene rings is 2. The van der Waals surface area contributed by atoms with Gasteiger partial charge in [-0.1, -0.05) is 18.2 Å². The van der Waals surface area contributed by atoms with Crippen LogP contribution in [0.3, 0.4) is 0 Å². The first-order valence-corrected chi connectivity index (χ1v) is 9.68. The van der Waals surface area contributed by atoms with E-state index in [1.807, 2.05) is 0 Å². The monoisotopic (exact) mass is 472 g/mol. The Morgan fingerprint density at radius 1 is 1.00 bits per heavy atom. The number of aryl methyl sites for hydroxylation is 1. The van der Waals surface area contributed by atoms with E-state index in [0.29, 0.717) is 10.8 Å². The molecule has 0 saturated carbocycles. The molecule has 0 aliphatic heterocycles. The zero-order chi connectivity index (χ0) is 24.8. The fraction of sp³-hybridized carbons (Fsp3) is 0.0870. The van der Waals surface area contributed by atoms with Gasteiger partial charge in [0.15, 0.2) is 11.4 Å². The molecule has 2 aromatic carbocycles. The summed E-state index contributed by atoms with van der Waals surface area (Å²) in [7, 11) is 0. The highest BCUT2D eigenvalue weighted by molar-refractivity contribution is 5.82. The van der Waals surface area contributed by atoms with E-state index in [9.17, 15) is 38.7 Å². The van der Waals surface area contributed by atoms with Gasteiger partial charge in [0, 0.05) is 30.2 Å². The zero-order valence-corrected chi connectivity index (χ0v) is 17.3. The second kappa shape index (κ2) is 8.10. The summed E-state index contributed by atoms with van der Waals surface area (Å²) in [6.45, 7) is 1.25. The number of rotatable bonds is 4. The summed E-state index contributed by atoms with van der Waals surface area (Å²) < 4.78 is 47.8. The first-order valence-electron chi connectivity index (χ1n) is 9.68. The van der Waals surface area contributed by atoms with Crippen LogP contribution in [-0.4, -0.2) is 15.1 Å². The van der Waals surface area contributed by atoms with Gasteiger partial charge in [-0.2, -0.15) is 17.9 Å². The minimum Gasteiger partial charge on any atom is -0.618 e. The molecule has 174 valence electrons. The van der Waals surface area contributed by atoms with Crippen LogP contribution >= 0.6 is 0 Å². The predicted molar refractivity (Wildman–Crippen MR) is 114 cm³/mol. The number of alkyl halides is 3. The van der Waals surface area contributed by atoms with Crippen LogP contribution in [0.4, 0.5) is 18.9 Å². The summed E-state index contributed by atoms with van der Waals surface area (Å²) in [4.78, 5) is 10.2. The van der Waals surface area contributed by atoms with Crippen LogP contribution in [0, 0.1) is 22.2 Å². The molecule has 8 nitrogen and oxygen atoms in total. The molecule has 34 heavy (non-hydrogen) atoms. The van der Waals surface area contributed by atoms with Crippen molar-refractivity contribution in [1.82, 2.24) is 0 Å². The van der Waals surface area contributed by atoms with Crippen molar-refractivity contribution in [2.45, 2.75) is 13.1 Å². The van der Waals surface area contributed by atoms with Gasteiger partial charge in [-0.05, 0) is 29.8 Å². The zero-order valence-electron chi connectivity index (χ0n) is 17.3. The minimum absolute atomic E-state index is 0.00827. The maximum atomic E-state index is 14.0. The maximum absolute atomic E-state index is 14.0. The Kier molecular flexibility index (Phi) is 5.40. The highest BCUT2D eigenvalue weighted by Gasteiger charge is 2.40. The van der Waals surface area contributed by atoms with Gasteiger partial charge in [-0.3, -0.25) is 10.1 Å². The summed E-state index contributed by atoms with van der Waals surface area (Å²) in [5, 5.41) is 43.6. The number of nitro groups is 1. The van der Waals surface area contributed by atoms with Crippen molar-refractivity contribution < 1.29 is 37.5 Å². The second-order valence-corrected chi connectivity index (χ2v) is 7.40. The number of aromatic nitrogens is 1. The third-order valence-corrected chi connectivity index (χ3v) is 5.18. The van der Waals surface area contributed by atoms with Gasteiger partial charge in [0.1, 0.15) is 11.3 Å². The average Bonchev–Trinajstić information content (AvgIpc) is 3.26. The summed E-state index contributed by atoms with van der Waals surface area (Å²) in [6.07, 6.45) is -3.80. The van der Waals surface area contributed by atoms with Gasteiger partial charge in [-0.25, -0.2) is 0 Å². The fourth-order valence-corrected chi connectivity index (χ4v) is 3.60. The lowest BCUT2D eigenvalue weighted by Crippen LogP contribution is -2.35. The van der Waals surface area contributed by atoms with Gasteiger partial charge in [0.05, 0.1) is 16.7 Å². The number of furan rings is 1. The normalized spacial score (nSPS) is 11.5. The van der Waals surface area contributed by atoms with Crippen molar-refractivity contribution >= 4 is 5.69 Å². The molecule has 0 fully saturated rings. The molecule has 0 atom stereocenters. The van der Waals surface area contributed by atoms with Gasteiger partial charge in [-0.15, -0.1) is 0 Å². The SMILES string of the molecule is Cc1cc(C(F)(F)F)c(-c2cc(-c3cc(O)c(O)c([N+](=O)[O-])c3)co2)c(-c2ccccc2)[n+]1[O-]. The van der Waals surface area contributed by atoms with Crippen molar-refractivity contribution in [1.29, 1.82) is 0 Å². The molecule has 4 aromatic rings. The lowest BCUT2D eigenvalue weighted by atomic mass is 9.96. The summed E-state index contributed by atoms with van der Waals surface area (Å²) in [5.41, 5.74) is -2.56. The third kappa shape index (κ3) is 3.87. The Morgan fingerprint density at radius 2 is 1.68 bits per heavy atom. The van der Waals surface area contributed by atoms with Crippen LogP contribution in [0.2, 0.25) is 0 Å². The summed E-state index contributed by atoms with van der Waals surface area (Å²) >= 11 is 0. The van der Waals surface area contributed by atoms with E-state index in [-0.39, 0.29) is 33.8 Å². The van der Waals surface area contributed by atoms with Crippen molar-refractivity contribution in [3.8, 4) is 45.2 Å². The van der Waals surface area contributed by atoms with E-state index in [0.717, 1.165) is 18.4 Å². The van der Waals surface area contributed by atoms with E-state index < -0.39 is 39.4 Å². The highest BCUT2D eigenvalue weighted by atomic mass is 19.4. The molecular formula is C23H15F3N2O6. The number of hydrogen-bond acceptors (Lipinski definition) is 6. The summed E-state index contributed by atoms with van der Waals surface area (Å²) in [5.74, 6) is -2.06. The molecule has 0 spiro atoms. The lowest BCUT2D eigenvalue weighted by molar-refractivity contribution is -0.600. The number of phenols is 2. The lowest BCUT2D eigenvalue weighted by Gasteiger charge is -2.17. The molecule has 11 heteroatoms. The van der Waals surface area contributed by atoms with Crippen LogP contribution in [0.15, 0.2) is 65.3 Å². The number of phenolic OH excluding ortho intramolecular Hbond substituents is 2. The van der Waals surface area contributed by atoms with Gasteiger partial charge < -0.3 is 19.8 Å². The molecule has 0 unspecified atom stereocenters. The van der Waals surface area contributed by atoms with Gasteiger partial charge in [0.25, 0.3) is 0 Å². The third-order valence-electron chi connectivity index (χ3n) is 5.18. The predicted octanol–water partition coefficient (Wildman–Crippen LogP) is 5.56. The van der Waals surface area contributed by atoms with Crippen molar-refractivity contribution in [3.05, 3.63) is 87.4 Å². The molecule has 0 aliphatic rings. The molecule has 0 saturated heterocycles. The molecule has 4 rings (SSSR count). The van der Waals surface area contributed by atoms with Crippen LogP contribution < -0.4 is 4.73 Å². The number of nitrogens with zero attached hydrogens (tertiary/aromatic N) is 2. The van der Waals surface area contributed by atoms with Crippen molar-refractivity contribution in [3.63, 3.8) is 0 Å². The Hall–Kier alpha value is -4.54. The summed E-state index contributed by atoms with van der Waals surface area (Å²) in [6, 6.07) is 11.6. The standard InChI is InChI=1S/C23H15F3N2O6/c1-12-7-16(23(24,25)26)20(21(27(12)31)13-5-3-2-4-6-13)19-10-15(11-34-19)14-8-17(28(32)33)22(30)18(29)9-14/h2-11,29-30H,1H3. The molecule has 0 aliphatic carbocycles. The molecular weight excluding hydrogens is 457 g/mol. The molecule has 0 bridgehead atoms. The highest BCUT2D eigenvalue weighted by Crippen LogP contribution is 2.44. The molecule has 0 amide bonds. The van der Waals surface area contributed by atoms with Gasteiger partial charge >= 0.3 is 11.9 Å². The van der Waals surface area contributed by atoms with Crippen LogP contribution in [0.25, 0.3) is 33.7 Å². The molecule has 2 heterocycles. The fourth-order valence-electron chi connectivity index (χ4n) is 3.60. The van der Waals surface area contributed by atoms with E-state index in [1.54, 1.807) is 18.2 Å². The van der Waals surface area contributed by atoms with Gasteiger partial charge in [0.2, 0.25) is 11.4 Å². The number of halogens is 3. The number of aromatic hydroxyl groups is 2. The number of nitro benzene ring substituents is 1. The second-order valence-electron chi connectivity index (χ2n) is 7.40. The molecule has 0 radical (unpaired) electrons. The minimum atomic E-state index is -4.83.